The van der Waals surface area contributed by atoms with Crippen molar-refractivity contribution in [1.82, 2.24) is 0 Å². The molecule has 0 unspecified atom stereocenters. The molecule has 0 aliphatic carbocycles. The van der Waals surface area contributed by atoms with Crippen LogP contribution >= 0.6 is 0 Å². The van der Waals surface area contributed by atoms with Gasteiger partial charge in [0.2, 0.25) is 0 Å². The van der Waals surface area contributed by atoms with Crippen molar-refractivity contribution < 1.29 is 57.2 Å². The van der Waals surface area contributed by atoms with Gasteiger partial charge < -0.3 is 9.84 Å². The molecule has 0 amide bonds. The van der Waals surface area contributed by atoms with Crippen LogP contribution in [0.25, 0.3) is 0 Å². The fourth-order valence-corrected chi connectivity index (χ4v) is 4.99. The molecule has 39 heavy (non-hydrogen) atoms. The molecule has 2 aromatic carbocycles. The first-order chi connectivity index (χ1) is 18.3. The van der Waals surface area contributed by atoms with Gasteiger partial charge in [-0.25, -0.2) is 4.79 Å². The van der Waals surface area contributed by atoms with Crippen molar-refractivity contribution in [1.29, 1.82) is 0 Å². The van der Waals surface area contributed by atoms with Crippen LogP contribution in [0.5, 0.6) is 0 Å². The Balaban J connectivity index is 0.00000760. The molecule has 0 saturated carbocycles. The number of hydrogen-bond acceptors (Lipinski definition) is 6. The van der Waals surface area contributed by atoms with E-state index in [0.29, 0.717) is 0 Å². The monoisotopic (exact) mass is 567 g/mol. The average molecular weight is 568 g/mol. The normalized spacial score (nSPS) is 12.5. The third-order valence-electron chi connectivity index (χ3n) is 6.45. The molecule has 9 heteroatoms. The van der Waals surface area contributed by atoms with Crippen LogP contribution in [-0.4, -0.2) is 37.5 Å². The van der Waals surface area contributed by atoms with Crippen molar-refractivity contribution in [2.45, 2.75) is 101 Å². The van der Waals surface area contributed by atoms with Gasteiger partial charge >= 0.3 is 35.5 Å². The second-order valence-corrected chi connectivity index (χ2v) is 11.1. The minimum Gasteiger partial charge on any atom is -0.858 e. The molecule has 0 heterocycles. The topological polar surface area (TPSA) is 116 Å². The summed E-state index contributed by atoms with van der Waals surface area (Å²) in [6, 6.07) is 13.2. The summed E-state index contributed by atoms with van der Waals surface area (Å²) in [6.45, 7) is 2.48. The van der Waals surface area contributed by atoms with E-state index >= 15 is 0 Å². The number of nitrogens with zero attached hydrogens (tertiary/aromatic N) is 1. The van der Waals surface area contributed by atoms with Crippen LogP contribution in [0.3, 0.4) is 0 Å². The summed E-state index contributed by atoms with van der Waals surface area (Å²) in [6.07, 6.45) is 14.6. The number of esters is 1. The van der Waals surface area contributed by atoms with Crippen LogP contribution in [0.1, 0.15) is 95.1 Å². The van der Waals surface area contributed by atoms with Gasteiger partial charge in [0.15, 0.2) is 6.04 Å². The molecule has 0 aromatic heterocycles. The molecule has 0 aliphatic rings. The van der Waals surface area contributed by atoms with Gasteiger partial charge in [0.25, 0.3) is 10.1 Å². The molecule has 0 fully saturated rings. The predicted octanol–water partition coefficient (Wildman–Crippen LogP) is 2.90. The molecule has 0 radical (unpaired) electrons. The van der Waals surface area contributed by atoms with Crippen LogP contribution < -0.4 is 34.7 Å². The fourth-order valence-electron chi connectivity index (χ4n) is 4.31. The zero-order valence-electron chi connectivity index (χ0n) is 23.5. The number of aliphatic imine (C=N–C) groups is 1. The van der Waals surface area contributed by atoms with E-state index in [1.165, 1.54) is 76.0 Å². The number of rotatable bonds is 19. The minimum atomic E-state index is -4.63. The van der Waals surface area contributed by atoms with E-state index in [2.05, 4.69) is 11.9 Å². The van der Waals surface area contributed by atoms with E-state index < -0.39 is 32.9 Å². The predicted molar refractivity (Wildman–Crippen MR) is 149 cm³/mol. The van der Waals surface area contributed by atoms with Gasteiger partial charge in [0, 0.05) is 12.0 Å². The largest absolute Gasteiger partial charge is 1.00 e. The Morgan fingerprint density at radius 1 is 0.846 bits per heavy atom. The molecule has 1 atom stereocenters. The van der Waals surface area contributed by atoms with E-state index in [1.54, 1.807) is 0 Å². The maximum absolute atomic E-state index is 12.9. The Morgan fingerprint density at radius 3 is 1.92 bits per heavy atom. The third kappa shape index (κ3) is 14.5. The van der Waals surface area contributed by atoms with Gasteiger partial charge in [-0.3, -0.25) is 9.55 Å². The van der Waals surface area contributed by atoms with Crippen LogP contribution in [0, 0.1) is 0 Å². The first-order valence-electron chi connectivity index (χ1n) is 13.8. The van der Waals surface area contributed by atoms with E-state index in [1.807, 2.05) is 30.3 Å². The number of carbonyl (C=O) groups excluding carboxylic acids is 1. The second-order valence-electron chi connectivity index (χ2n) is 9.67. The van der Waals surface area contributed by atoms with Gasteiger partial charge in [-0.05, 0) is 23.9 Å². The summed E-state index contributed by atoms with van der Waals surface area (Å²) >= 11 is 0. The van der Waals surface area contributed by atoms with Crippen molar-refractivity contribution in [3.63, 3.8) is 0 Å². The van der Waals surface area contributed by atoms with Crippen molar-refractivity contribution in [2.75, 3.05) is 6.61 Å². The number of ether oxygens (including phenoxy) is 1. The maximum Gasteiger partial charge on any atom is 1.00 e. The van der Waals surface area contributed by atoms with E-state index in [0.717, 1.165) is 30.9 Å². The van der Waals surface area contributed by atoms with Crippen LogP contribution in [-0.2, 0) is 26.1 Å². The summed E-state index contributed by atoms with van der Waals surface area (Å²) < 4.78 is 38.3. The summed E-state index contributed by atoms with van der Waals surface area (Å²) in [7, 11) is -4.63. The first kappa shape index (κ1) is 35.3. The molecular formula is C30H42NNaO6S. The SMILES string of the molecule is CCCCCCCCCCCCCCOC(=O)[C@H](Cc1ccccc1)N=C([O-])c1ccccc1S(=O)(=O)O.[Na+]. The van der Waals surface area contributed by atoms with E-state index in [4.69, 9.17) is 4.74 Å². The molecule has 0 aliphatic heterocycles. The molecule has 1 N–H and O–H groups in total. The van der Waals surface area contributed by atoms with Crippen LogP contribution in [0.4, 0.5) is 0 Å². The van der Waals surface area contributed by atoms with Gasteiger partial charge in [0.05, 0.1) is 6.61 Å². The molecule has 210 valence electrons. The van der Waals surface area contributed by atoms with Gasteiger partial charge in [-0.15, -0.1) is 0 Å². The molecule has 0 bridgehead atoms. The standard InChI is InChI=1S/C30H43NO6S.Na/c1-2-3-4-5-6-7-8-9-10-11-12-18-23-37-30(33)27(24-25-19-14-13-15-20-25)31-29(32)26-21-16-17-22-28(26)38(34,35)36;/h13-17,19-22,27H,2-12,18,23-24H2,1H3,(H,31,32)(H,34,35,36);/q;+1/p-1/t27-;/m0./s1. The Morgan fingerprint density at radius 2 is 1.36 bits per heavy atom. The number of carbonyl (C=O) groups is 1. The Bertz CT molecular complexity index is 1090. The van der Waals surface area contributed by atoms with Gasteiger partial charge in [-0.2, -0.15) is 8.42 Å². The zero-order chi connectivity index (χ0) is 27.6. The summed E-state index contributed by atoms with van der Waals surface area (Å²) in [5, 5.41) is 12.9. The summed E-state index contributed by atoms with van der Waals surface area (Å²) in [5.41, 5.74) is 0.501. The number of benzene rings is 2. The van der Waals surface area contributed by atoms with E-state index in [9.17, 15) is 22.9 Å². The minimum absolute atomic E-state index is 0. The molecular weight excluding hydrogens is 525 g/mol. The zero-order valence-corrected chi connectivity index (χ0v) is 26.3. The smallest absolute Gasteiger partial charge is 0.858 e. The molecule has 0 saturated heterocycles. The molecule has 2 aromatic rings. The quantitative estimate of drug-likeness (QED) is 0.0697. The van der Waals surface area contributed by atoms with Gasteiger partial charge in [0.1, 0.15) is 4.90 Å². The molecule has 7 nitrogen and oxygen atoms in total. The summed E-state index contributed by atoms with van der Waals surface area (Å²) in [5.74, 6) is -1.53. The molecule has 2 rings (SSSR count). The summed E-state index contributed by atoms with van der Waals surface area (Å²) in [4.78, 5) is 16.3. The van der Waals surface area contributed by atoms with E-state index in [-0.39, 0.29) is 48.1 Å². The fraction of sp³-hybridized carbons (Fsp3) is 0.533. The van der Waals surface area contributed by atoms with Crippen molar-refractivity contribution in [3.05, 3.63) is 65.7 Å². The van der Waals surface area contributed by atoms with Gasteiger partial charge in [-0.1, -0.05) is 126 Å². The molecule has 0 spiro atoms. The van der Waals surface area contributed by atoms with Crippen LogP contribution in [0.15, 0.2) is 64.5 Å². The Hall–Kier alpha value is -1.71. The number of hydrogen-bond donors (Lipinski definition) is 1. The van der Waals surface area contributed by atoms with Crippen molar-refractivity contribution >= 4 is 22.0 Å². The average Bonchev–Trinajstić information content (AvgIpc) is 2.91. The Labute approximate surface area is 256 Å². The van der Waals surface area contributed by atoms with Crippen LogP contribution in [0.2, 0.25) is 0 Å². The second kappa shape index (κ2) is 20.2. The third-order valence-corrected chi connectivity index (χ3v) is 7.37. The Kier molecular flexibility index (Phi) is 18.3. The van der Waals surface area contributed by atoms with Crippen molar-refractivity contribution in [2.24, 2.45) is 4.99 Å². The maximum atomic E-state index is 12.9. The van der Waals surface area contributed by atoms with Crippen molar-refractivity contribution in [3.8, 4) is 0 Å². The first-order valence-corrected chi connectivity index (χ1v) is 15.3. The number of unbranched alkanes of at least 4 members (excludes halogenated alkanes) is 11.